The number of hydrogen-bond acceptors (Lipinski definition) is 2. The maximum atomic E-state index is 4.44. The molecule has 1 rings (SSSR count). The second kappa shape index (κ2) is 3.07. The molecule has 62 valence electrons. The van der Waals surface area contributed by atoms with Crippen LogP contribution in [0.2, 0.25) is 0 Å². The van der Waals surface area contributed by atoms with E-state index in [2.05, 4.69) is 31.1 Å². The summed E-state index contributed by atoms with van der Waals surface area (Å²) >= 11 is 0. The Hall–Kier alpha value is -0.790. The predicted octanol–water partition coefficient (Wildman–Crippen LogP) is 2.08. The molecule has 1 aliphatic rings. The Bertz CT molecular complexity index is 188. The molecular formula is C9H16N2. The minimum Gasteiger partial charge on any atom is -0.365 e. The van der Waals surface area contributed by atoms with Gasteiger partial charge in [0.1, 0.15) is 5.66 Å². The fourth-order valence-corrected chi connectivity index (χ4v) is 1.34. The van der Waals surface area contributed by atoms with Crippen molar-refractivity contribution in [3.05, 3.63) is 11.8 Å². The summed E-state index contributed by atoms with van der Waals surface area (Å²) in [6, 6.07) is 0. The molecule has 0 unspecified atom stereocenters. The summed E-state index contributed by atoms with van der Waals surface area (Å²) in [6.07, 6.45) is 6.00. The van der Waals surface area contributed by atoms with Crippen molar-refractivity contribution in [2.24, 2.45) is 4.99 Å². The summed E-state index contributed by atoms with van der Waals surface area (Å²) in [7, 11) is 0. The van der Waals surface area contributed by atoms with E-state index in [0.29, 0.717) is 0 Å². The van der Waals surface area contributed by atoms with Gasteiger partial charge >= 0.3 is 0 Å². The van der Waals surface area contributed by atoms with Gasteiger partial charge in [-0.1, -0.05) is 13.8 Å². The van der Waals surface area contributed by atoms with Crippen LogP contribution >= 0.6 is 0 Å². The molecule has 0 aromatic heterocycles. The molecule has 0 bridgehead atoms. The lowest BCUT2D eigenvalue weighted by Crippen LogP contribution is -2.42. The van der Waals surface area contributed by atoms with Crippen LogP contribution in [0.25, 0.3) is 0 Å². The van der Waals surface area contributed by atoms with Crippen LogP contribution in [0.3, 0.4) is 0 Å². The van der Waals surface area contributed by atoms with Gasteiger partial charge in [-0.05, 0) is 25.8 Å². The summed E-state index contributed by atoms with van der Waals surface area (Å²) < 4.78 is 0. The molecule has 0 atom stereocenters. The SMILES string of the molecule is CCC1(CC)N=CC=C(C)N1. The quantitative estimate of drug-likeness (QED) is 0.643. The number of nitrogens with one attached hydrogen (secondary N) is 1. The molecule has 11 heavy (non-hydrogen) atoms. The molecule has 0 saturated carbocycles. The van der Waals surface area contributed by atoms with Crippen molar-refractivity contribution >= 4 is 6.21 Å². The van der Waals surface area contributed by atoms with Gasteiger partial charge in [0.2, 0.25) is 0 Å². The minimum absolute atomic E-state index is 0.0150. The van der Waals surface area contributed by atoms with Crippen LogP contribution in [0.1, 0.15) is 33.6 Å². The lowest BCUT2D eigenvalue weighted by atomic mass is 10.0. The van der Waals surface area contributed by atoms with Crippen molar-refractivity contribution in [2.45, 2.75) is 39.3 Å². The molecule has 2 nitrogen and oxygen atoms in total. The summed E-state index contributed by atoms with van der Waals surface area (Å²) in [4.78, 5) is 4.44. The Balaban J connectivity index is 2.75. The number of nitrogens with zero attached hydrogens (tertiary/aromatic N) is 1. The van der Waals surface area contributed by atoms with Gasteiger partial charge in [-0.15, -0.1) is 0 Å². The maximum Gasteiger partial charge on any atom is 0.128 e. The van der Waals surface area contributed by atoms with E-state index in [1.54, 1.807) is 0 Å². The van der Waals surface area contributed by atoms with Crippen molar-refractivity contribution in [1.29, 1.82) is 0 Å². The molecule has 1 aliphatic heterocycles. The Labute approximate surface area is 68.4 Å². The van der Waals surface area contributed by atoms with Crippen LogP contribution in [0.15, 0.2) is 16.8 Å². The van der Waals surface area contributed by atoms with Crippen LogP contribution in [-0.4, -0.2) is 11.9 Å². The topological polar surface area (TPSA) is 24.4 Å². The average Bonchev–Trinajstić information content (AvgIpc) is 2.04. The first-order valence-electron chi connectivity index (χ1n) is 4.23. The number of allylic oxidation sites excluding steroid dienone is 2. The Kier molecular flexibility index (Phi) is 2.32. The minimum atomic E-state index is -0.0150. The lowest BCUT2D eigenvalue weighted by Gasteiger charge is -2.32. The van der Waals surface area contributed by atoms with Gasteiger partial charge in [0.15, 0.2) is 0 Å². The highest BCUT2D eigenvalue weighted by Gasteiger charge is 2.24. The number of hydrogen-bond donors (Lipinski definition) is 1. The largest absolute Gasteiger partial charge is 0.365 e. The zero-order valence-electron chi connectivity index (χ0n) is 7.52. The van der Waals surface area contributed by atoms with Gasteiger partial charge in [0.25, 0.3) is 0 Å². The van der Waals surface area contributed by atoms with Gasteiger partial charge in [-0.2, -0.15) is 0 Å². The van der Waals surface area contributed by atoms with E-state index >= 15 is 0 Å². The van der Waals surface area contributed by atoms with Crippen molar-refractivity contribution in [2.75, 3.05) is 0 Å². The zero-order valence-corrected chi connectivity index (χ0v) is 7.52. The van der Waals surface area contributed by atoms with Crippen molar-refractivity contribution < 1.29 is 0 Å². The molecule has 0 amide bonds. The Morgan fingerprint density at radius 3 is 2.45 bits per heavy atom. The Morgan fingerprint density at radius 1 is 1.45 bits per heavy atom. The van der Waals surface area contributed by atoms with Gasteiger partial charge < -0.3 is 5.32 Å². The van der Waals surface area contributed by atoms with Crippen LogP contribution in [0.5, 0.6) is 0 Å². The third-order valence-corrected chi connectivity index (χ3v) is 2.25. The molecule has 0 saturated heterocycles. The van der Waals surface area contributed by atoms with Crippen LogP contribution in [-0.2, 0) is 0 Å². The number of rotatable bonds is 2. The molecule has 2 heteroatoms. The summed E-state index contributed by atoms with van der Waals surface area (Å²) in [5, 5.41) is 3.39. The van der Waals surface area contributed by atoms with E-state index < -0.39 is 0 Å². The second-order valence-electron chi connectivity index (χ2n) is 2.99. The zero-order chi connectivity index (χ0) is 8.32. The normalized spacial score (nSPS) is 20.8. The van der Waals surface area contributed by atoms with Crippen LogP contribution in [0, 0.1) is 0 Å². The van der Waals surface area contributed by atoms with E-state index in [-0.39, 0.29) is 5.66 Å². The van der Waals surface area contributed by atoms with Crippen LogP contribution < -0.4 is 5.32 Å². The molecular weight excluding hydrogens is 136 g/mol. The third kappa shape index (κ3) is 1.62. The van der Waals surface area contributed by atoms with Crippen LogP contribution in [0.4, 0.5) is 0 Å². The van der Waals surface area contributed by atoms with Gasteiger partial charge in [0.05, 0.1) is 0 Å². The summed E-state index contributed by atoms with van der Waals surface area (Å²) in [5.74, 6) is 0. The van der Waals surface area contributed by atoms with Crippen molar-refractivity contribution in [3.8, 4) is 0 Å². The first kappa shape index (κ1) is 8.31. The average molecular weight is 152 g/mol. The van der Waals surface area contributed by atoms with Gasteiger partial charge in [0, 0.05) is 11.9 Å². The second-order valence-corrected chi connectivity index (χ2v) is 2.99. The highest BCUT2D eigenvalue weighted by Crippen LogP contribution is 2.20. The van der Waals surface area contributed by atoms with Crippen molar-refractivity contribution in [1.82, 2.24) is 5.32 Å². The molecule has 0 aliphatic carbocycles. The Morgan fingerprint density at radius 2 is 2.09 bits per heavy atom. The smallest absolute Gasteiger partial charge is 0.128 e. The first-order chi connectivity index (χ1) is 5.22. The van der Waals surface area contributed by atoms with E-state index in [1.165, 1.54) is 5.70 Å². The monoisotopic (exact) mass is 152 g/mol. The van der Waals surface area contributed by atoms with Gasteiger partial charge in [-0.3, -0.25) is 4.99 Å². The van der Waals surface area contributed by atoms with Gasteiger partial charge in [-0.25, -0.2) is 0 Å². The standard InChI is InChI=1S/C9H16N2/c1-4-9(5-2)10-7-6-8(3)11-9/h6-7,11H,4-5H2,1-3H3. The number of aliphatic imine (C=N–C) groups is 1. The summed E-state index contributed by atoms with van der Waals surface area (Å²) in [5.41, 5.74) is 1.20. The molecule has 1 N–H and O–H groups in total. The predicted molar refractivity (Wildman–Crippen MR) is 48.7 cm³/mol. The van der Waals surface area contributed by atoms with E-state index in [0.717, 1.165) is 12.8 Å². The van der Waals surface area contributed by atoms with Crippen molar-refractivity contribution in [3.63, 3.8) is 0 Å². The van der Waals surface area contributed by atoms with E-state index in [4.69, 9.17) is 0 Å². The molecule has 0 aromatic carbocycles. The molecule has 0 spiro atoms. The molecule has 1 heterocycles. The summed E-state index contributed by atoms with van der Waals surface area (Å²) in [6.45, 7) is 6.39. The highest BCUT2D eigenvalue weighted by atomic mass is 15.1. The van der Waals surface area contributed by atoms with E-state index in [1.807, 2.05) is 12.3 Å². The fourth-order valence-electron chi connectivity index (χ4n) is 1.34. The molecule has 0 fully saturated rings. The third-order valence-electron chi connectivity index (χ3n) is 2.25. The maximum absolute atomic E-state index is 4.44. The fraction of sp³-hybridized carbons (Fsp3) is 0.667. The first-order valence-corrected chi connectivity index (χ1v) is 4.23. The lowest BCUT2D eigenvalue weighted by molar-refractivity contribution is 0.343. The van der Waals surface area contributed by atoms with E-state index in [9.17, 15) is 0 Å². The molecule has 0 aromatic rings. The molecule has 0 radical (unpaired) electrons. The highest BCUT2D eigenvalue weighted by molar-refractivity contribution is 5.73.